The van der Waals surface area contributed by atoms with Gasteiger partial charge in [0.15, 0.2) is 0 Å². The Labute approximate surface area is 113 Å². The Bertz CT molecular complexity index is 622. The summed E-state index contributed by atoms with van der Waals surface area (Å²) in [6.07, 6.45) is 3.39. The molecule has 0 aliphatic heterocycles. The van der Waals surface area contributed by atoms with Gasteiger partial charge in [0, 0.05) is 18.9 Å². The van der Waals surface area contributed by atoms with Crippen molar-refractivity contribution < 1.29 is 14.7 Å². The quantitative estimate of drug-likeness (QED) is 0.896. The van der Waals surface area contributed by atoms with Crippen molar-refractivity contribution in [2.75, 3.05) is 0 Å². The average Bonchev–Trinajstić information content (AvgIpc) is 2.87. The lowest BCUT2D eigenvalue weighted by molar-refractivity contribution is 0.0702. The predicted octanol–water partition coefficient (Wildman–Crippen LogP) is 2.08. The van der Waals surface area contributed by atoms with Gasteiger partial charge in [0.05, 0.1) is 4.88 Å². The second-order valence-electron chi connectivity index (χ2n) is 3.95. The van der Waals surface area contributed by atoms with E-state index < -0.39 is 5.97 Å². The van der Waals surface area contributed by atoms with Gasteiger partial charge >= 0.3 is 5.97 Å². The van der Waals surface area contributed by atoms with Crippen LogP contribution in [0.15, 0.2) is 30.6 Å². The maximum absolute atomic E-state index is 11.9. The second-order valence-corrected chi connectivity index (χ2v) is 5.04. The summed E-state index contributed by atoms with van der Waals surface area (Å²) in [5.41, 5.74) is 1.98. The van der Waals surface area contributed by atoms with E-state index in [-0.39, 0.29) is 10.8 Å². The highest BCUT2D eigenvalue weighted by Crippen LogP contribution is 2.16. The van der Waals surface area contributed by atoms with E-state index in [1.807, 2.05) is 13.0 Å². The number of nitrogens with one attached hydrogen (secondary N) is 1. The minimum atomic E-state index is -1.02. The molecule has 0 aliphatic rings. The number of aryl methyl sites for hydroxylation is 1. The van der Waals surface area contributed by atoms with Gasteiger partial charge in [-0.1, -0.05) is 0 Å². The van der Waals surface area contributed by atoms with E-state index >= 15 is 0 Å². The molecule has 2 N–H and O–H groups in total. The molecule has 0 spiro atoms. The number of carboxylic acid groups (broad SMARTS) is 1. The van der Waals surface area contributed by atoms with Crippen molar-refractivity contribution in [2.24, 2.45) is 0 Å². The Morgan fingerprint density at radius 2 is 2.05 bits per heavy atom. The van der Waals surface area contributed by atoms with Crippen molar-refractivity contribution in [2.45, 2.75) is 13.5 Å². The molecule has 0 aliphatic carbocycles. The Morgan fingerprint density at radius 1 is 1.32 bits per heavy atom. The molecule has 2 aromatic rings. The van der Waals surface area contributed by atoms with Crippen LogP contribution in [-0.2, 0) is 6.54 Å². The number of rotatable bonds is 4. The zero-order valence-electron chi connectivity index (χ0n) is 10.2. The largest absolute Gasteiger partial charge is 0.477 e. The topological polar surface area (TPSA) is 79.3 Å². The lowest BCUT2D eigenvalue weighted by Crippen LogP contribution is -2.22. The van der Waals surface area contributed by atoms with Gasteiger partial charge in [-0.3, -0.25) is 9.78 Å². The van der Waals surface area contributed by atoms with Gasteiger partial charge in [-0.2, -0.15) is 0 Å². The van der Waals surface area contributed by atoms with Crippen LogP contribution in [0.1, 0.15) is 30.5 Å². The summed E-state index contributed by atoms with van der Waals surface area (Å²) in [5, 5.41) is 11.5. The molecule has 0 saturated carbocycles. The van der Waals surface area contributed by atoms with Crippen molar-refractivity contribution in [1.82, 2.24) is 10.3 Å². The molecule has 0 saturated heterocycles. The lowest BCUT2D eigenvalue weighted by atomic mass is 10.1. The van der Waals surface area contributed by atoms with Crippen molar-refractivity contribution in [3.63, 3.8) is 0 Å². The van der Waals surface area contributed by atoms with Crippen LogP contribution >= 0.6 is 11.3 Å². The van der Waals surface area contributed by atoms with E-state index in [9.17, 15) is 9.59 Å². The second kappa shape index (κ2) is 5.62. The highest BCUT2D eigenvalue weighted by molar-refractivity contribution is 7.15. The Kier molecular flexibility index (Phi) is 3.91. The van der Waals surface area contributed by atoms with E-state index in [0.717, 1.165) is 22.5 Å². The predicted molar refractivity (Wildman–Crippen MR) is 71.4 cm³/mol. The molecule has 1 amide bonds. The number of carbonyl (C=O) groups is 2. The first-order valence-corrected chi connectivity index (χ1v) is 6.40. The molecule has 19 heavy (non-hydrogen) atoms. The van der Waals surface area contributed by atoms with E-state index in [1.165, 1.54) is 12.1 Å². The molecule has 0 bridgehead atoms. The van der Waals surface area contributed by atoms with E-state index in [2.05, 4.69) is 10.3 Å². The molecule has 0 atom stereocenters. The maximum Gasteiger partial charge on any atom is 0.345 e. The monoisotopic (exact) mass is 276 g/mol. The highest BCUT2D eigenvalue weighted by atomic mass is 32.1. The molecule has 5 nitrogen and oxygen atoms in total. The van der Waals surface area contributed by atoms with Crippen LogP contribution in [0.3, 0.4) is 0 Å². The molecule has 2 aromatic heterocycles. The van der Waals surface area contributed by atoms with Crippen molar-refractivity contribution >= 4 is 23.2 Å². The third-order valence-corrected chi connectivity index (χ3v) is 3.70. The normalized spacial score (nSPS) is 10.2. The summed E-state index contributed by atoms with van der Waals surface area (Å²) in [6, 6.07) is 4.81. The molecule has 0 unspecified atom stereocenters. The smallest absolute Gasteiger partial charge is 0.345 e. The van der Waals surface area contributed by atoms with Gasteiger partial charge < -0.3 is 10.4 Å². The number of thiophene rings is 1. The van der Waals surface area contributed by atoms with Gasteiger partial charge in [0.1, 0.15) is 4.88 Å². The minimum Gasteiger partial charge on any atom is -0.477 e. The zero-order chi connectivity index (χ0) is 13.8. The molecule has 0 aromatic carbocycles. The van der Waals surface area contributed by atoms with E-state index in [4.69, 9.17) is 5.11 Å². The van der Waals surface area contributed by atoms with Gasteiger partial charge in [-0.15, -0.1) is 11.3 Å². The number of hydrogen-bond donors (Lipinski definition) is 2. The summed E-state index contributed by atoms with van der Waals surface area (Å²) in [5.74, 6) is -1.30. The fourth-order valence-corrected chi connectivity index (χ4v) is 2.28. The number of hydrogen-bond acceptors (Lipinski definition) is 4. The van der Waals surface area contributed by atoms with Gasteiger partial charge in [-0.25, -0.2) is 4.79 Å². The molecule has 2 heterocycles. The first-order chi connectivity index (χ1) is 9.08. The highest BCUT2D eigenvalue weighted by Gasteiger charge is 2.12. The molecular weight excluding hydrogens is 264 g/mol. The number of amides is 1. The zero-order valence-corrected chi connectivity index (χ0v) is 11.0. The summed E-state index contributed by atoms with van der Waals surface area (Å²) < 4.78 is 0. The fourth-order valence-electron chi connectivity index (χ4n) is 1.52. The number of pyridine rings is 1. The SMILES string of the molecule is Cc1ccncc1CNC(=O)c1ccc(C(=O)O)s1. The van der Waals surface area contributed by atoms with Crippen molar-refractivity contribution in [3.8, 4) is 0 Å². The van der Waals surface area contributed by atoms with Gasteiger partial charge in [-0.05, 0) is 36.2 Å². The van der Waals surface area contributed by atoms with Gasteiger partial charge in [0.25, 0.3) is 5.91 Å². The number of aromatic carboxylic acids is 1. The molecule has 2 rings (SSSR count). The van der Waals surface area contributed by atoms with Crippen LogP contribution in [0.2, 0.25) is 0 Å². The van der Waals surface area contributed by atoms with Crippen LogP contribution < -0.4 is 5.32 Å². The molecule has 0 fully saturated rings. The van der Waals surface area contributed by atoms with Crippen LogP contribution in [0.25, 0.3) is 0 Å². The maximum atomic E-state index is 11.9. The summed E-state index contributed by atoms with van der Waals surface area (Å²) in [4.78, 5) is 27.1. The molecule has 98 valence electrons. The summed E-state index contributed by atoms with van der Waals surface area (Å²) >= 11 is 0.961. The first-order valence-electron chi connectivity index (χ1n) is 5.58. The molecular formula is C13H12N2O3S. The van der Waals surface area contributed by atoms with E-state index in [1.54, 1.807) is 12.4 Å². The lowest BCUT2D eigenvalue weighted by Gasteiger charge is -2.05. The Hall–Kier alpha value is -2.21. The average molecular weight is 276 g/mol. The fraction of sp³-hybridized carbons (Fsp3) is 0.154. The van der Waals surface area contributed by atoms with E-state index in [0.29, 0.717) is 11.4 Å². The molecule has 0 radical (unpaired) electrons. The van der Waals surface area contributed by atoms with Gasteiger partial charge in [0.2, 0.25) is 0 Å². The van der Waals surface area contributed by atoms with Crippen molar-refractivity contribution in [1.29, 1.82) is 0 Å². The summed E-state index contributed by atoms with van der Waals surface area (Å²) in [7, 11) is 0. The number of carbonyl (C=O) groups excluding carboxylic acids is 1. The van der Waals surface area contributed by atoms with Crippen LogP contribution in [0, 0.1) is 6.92 Å². The first kappa shape index (κ1) is 13.2. The molecule has 6 heteroatoms. The number of nitrogens with zero attached hydrogens (tertiary/aromatic N) is 1. The number of aromatic nitrogens is 1. The Morgan fingerprint density at radius 3 is 2.68 bits per heavy atom. The minimum absolute atomic E-state index is 0.155. The summed E-state index contributed by atoms with van der Waals surface area (Å²) in [6.45, 7) is 2.32. The number of carboxylic acids is 1. The van der Waals surface area contributed by atoms with Crippen LogP contribution in [0.5, 0.6) is 0 Å². The third-order valence-electron chi connectivity index (χ3n) is 2.63. The van der Waals surface area contributed by atoms with Crippen LogP contribution in [-0.4, -0.2) is 22.0 Å². The van der Waals surface area contributed by atoms with Crippen molar-refractivity contribution in [3.05, 3.63) is 51.5 Å². The van der Waals surface area contributed by atoms with Crippen LogP contribution in [0.4, 0.5) is 0 Å². The standard InChI is InChI=1S/C13H12N2O3S/c1-8-4-5-14-6-9(8)7-15-12(16)10-2-3-11(19-10)13(17)18/h2-6H,7H2,1H3,(H,15,16)(H,17,18). The Balaban J connectivity index is 2.01. The third kappa shape index (κ3) is 3.17.